The van der Waals surface area contributed by atoms with E-state index in [9.17, 15) is 14.0 Å². The quantitative estimate of drug-likeness (QED) is 0.587. The molecule has 0 aliphatic rings. The summed E-state index contributed by atoms with van der Waals surface area (Å²) >= 11 is 6.18. The third-order valence-electron chi connectivity index (χ3n) is 3.96. The zero-order valence-corrected chi connectivity index (χ0v) is 15.4. The van der Waals surface area contributed by atoms with E-state index in [1.807, 2.05) is 0 Å². The fourth-order valence-corrected chi connectivity index (χ4v) is 2.91. The van der Waals surface area contributed by atoms with Crippen LogP contribution >= 0.6 is 11.6 Å². The Labute approximate surface area is 164 Å². The van der Waals surface area contributed by atoms with E-state index in [2.05, 4.69) is 10.1 Å². The lowest BCUT2D eigenvalue weighted by atomic mass is 10.0. The largest absolute Gasteiger partial charge is 0.467 e. The molecule has 0 saturated heterocycles. The van der Waals surface area contributed by atoms with E-state index in [1.54, 1.807) is 30.3 Å². The van der Waals surface area contributed by atoms with Gasteiger partial charge in [0.1, 0.15) is 18.5 Å². The molecule has 2 unspecified atom stereocenters. The number of benzene rings is 2. The third-order valence-corrected chi connectivity index (χ3v) is 4.29. The summed E-state index contributed by atoms with van der Waals surface area (Å²) in [5.41, 5.74) is 0.492. The lowest BCUT2D eigenvalue weighted by molar-refractivity contribution is -0.149. The van der Waals surface area contributed by atoms with Crippen LogP contribution in [-0.4, -0.2) is 33.8 Å². The molecule has 2 aromatic carbocycles. The molecule has 28 heavy (non-hydrogen) atoms. The summed E-state index contributed by atoms with van der Waals surface area (Å²) in [5, 5.41) is 3.94. The first-order valence-electron chi connectivity index (χ1n) is 8.14. The second-order valence-electron chi connectivity index (χ2n) is 5.70. The Morgan fingerprint density at radius 3 is 2.54 bits per heavy atom. The standard InChI is InChI=1S/C19H15ClFN3O4/c1-27-19(26)16(24-11-22-10-23-24)17(14-8-7-13(21)9-15(14)20)28-18(25)12-5-3-2-4-6-12/h2-11,16-17H,1H3. The number of aromatic nitrogens is 3. The summed E-state index contributed by atoms with van der Waals surface area (Å²) in [7, 11) is 1.19. The molecule has 3 aromatic rings. The normalized spacial score (nSPS) is 12.8. The van der Waals surface area contributed by atoms with Crippen LogP contribution in [0.2, 0.25) is 5.02 Å². The van der Waals surface area contributed by atoms with E-state index in [0.29, 0.717) is 0 Å². The van der Waals surface area contributed by atoms with Crippen molar-refractivity contribution in [2.75, 3.05) is 7.11 Å². The minimum absolute atomic E-state index is 0.0140. The third kappa shape index (κ3) is 4.17. The van der Waals surface area contributed by atoms with E-state index in [1.165, 1.54) is 30.5 Å². The highest BCUT2D eigenvalue weighted by molar-refractivity contribution is 6.31. The van der Waals surface area contributed by atoms with E-state index < -0.39 is 29.9 Å². The fraction of sp³-hybridized carbons (Fsp3) is 0.158. The van der Waals surface area contributed by atoms with E-state index in [-0.39, 0.29) is 16.1 Å². The minimum atomic E-state index is -1.24. The van der Waals surface area contributed by atoms with E-state index >= 15 is 0 Å². The minimum Gasteiger partial charge on any atom is -0.467 e. The van der Waals surface area contributed by atoms with Gasteiger partial charge in [0.25, 0.3) is 0 Å². The number of hydrogen-bond donors (Lipinski definition) is 0. The molecule has 0 saturated carbocycles. The molecular weight excluding hydrogens is 389 g/mol. The molecular formula is C19H15ClFN3O4. The molecule has 144 valence electrons. The first-order valence-corrected chi connectivity index (χ1v) is 8.52. The number of carbonyl (C=O) groups excluding carboxylic acids is 2. The van der Waals surface area contributed by atoms with Gasteiger partial charge in [0.15, 0.2) is 12.1 Å². The van der Waals surface area contributed by atoms with E-state index in [0.717, 1.165) is 12.1 Å². The van der Waals surface area contributed by atoms with Gasteiger partial charge in [-0.3, -0.25) is 0 Å². The number of esters is 2. The molecule has 1 aromatic heterocycles. The van der Waals surface area contributed by atoms with Crippen LogP contribution in [0.3, 0.4) is 0 Å². The van der Waals surface area contributed by atoms with Crippen molar-refractivity contribution in [2.24, 2.45) is 0 Å². The predicted octanol–water partition coefficient (Wildman–Crippen LogP) is 3.38. The maximum Gasteiger partial charge on any atom is 0.338 e. The van der Waals surface area contributed by atoms with Gasteiger partial charge in [0.05, 0.1) is 17.7 Å². The highest BCUT2D eigenvalue weighted by Gasteiger charge is 2.37. The zero-order valence-electron chi connectivity index (χ0n) is 14.7. The Hall–Kier alpha value is -3.26. The Morgan fingerprint density at radius 2 is 1.93 bits per heavy atom. The number of hydrogen-bond acceptors (Lipinski definition) is 6. The lowest BCUT2D eigenvalue weighted by Crippen LogP contribution is -2.31. The highest BCUT2D eigenvalue weighted by Crippen LogP contribution is 2.36. The van der Waals surface area contributed by atoms with Crippen LogP contribution in [0.5, 0.6) is 0 Å². The van der Waals surface area contributed by atoms with Gasteiger partial charge in [0.2, 0.25) is 0 Å². The first-order chi connectivity index (χ1) is 13.5. The second kappa shape index (κ2) is 8.62. The van der Waals surface area contributed by atoms with Gasteiger partial charge < -0.3 is 9.47 Å². The summed E-state index contributed by atoms with van der Waals surface area (Å²) in [6, 6.07) is 10.6. The molecule has 0 aliphatic carbocycles. The van der Waals surface area contributed by atoms with Crippen LogP contribution in [-0.2, 0) is 14.3 Å². The van der Waals surface area contributed by atoms with Crippen molar-refractivity contribution in [2.45, 2.75) is 12.1 Å². The molecule has 0 fully saturated rings. The zero-order chi connectivity index (χ0) is 20.1. The summed E-state index contributed by atoms with van der Waals surface area (Å²) in [6.45, 7) is 0. The lowest BCUT2D eigenvalue weighted by Gasteiger charge is -2.26. The Kier molecular flexibility index (Phi) is 6.00. The second-order valence-corrected chi connectivity index (χ2v) is 6.11. The first kappa shape index (κ1) is 19.5. The molecule has 7 nitrogen and oxygen atoms in total. The number of halogens is 2. The smallest absolute Gasteiger partial charge is 0.338 e. The molecule has 0 aliphatic heterocycles. The van der Waals surface area contributed by atoms with Crippen molar-refractivity contribution < 1.29 is 23.5 Å². The van der Waals surface area contributed by atoms with Crippen LogP contribution in [0.1, 0.15) is 28.1 Å². The molecule has 0 radical (unpaired) electrons. The van der Waals surface area contributed by atoms with Crippen molar-refractivity contribution in [3.63, 3.8) is 0 Å². The molecule has 9 heteroatoms. The van der Waals surface area contributed by atoms with Crippen LogP contribution in [0.4, 0.5) is 4.39 Å². The average Bonchev–Trinajstić information content (AvgIpc) is 3.22. The SMILES string of the molecule is COC(=O)C(C(OC(=O)c1ccccc1)c1ccc(F)cc1Cl)n1cncn1. The van der Waals surface area contributed by atoms with Crippen LogP contribution in [0, 0.1) is 5.82 Å². The Morgan fingerprint density at radius 1 is 1.18 bits per heavy atom. The number of rotatable bonds is 6. The molecule has 0 N–H and O–H groups in total. The predicted molar refractivity (Wildman–Crippen MR) is 97.1 cm³/mol. The maximum atomic E-state index is 13.5. The molecule has 2 atom stereocenters. The van der Waals surface area contributed by atoms with Crippen molar-refractivity contribution in [3.05, 3.63) is 83.2 Å². The van der Waals surface area contributed by atoms with Crippen molar-refractivity contribution in [1.29, 1.82) is 0 Å². The molecule has 1 heterocycles. The van der Waals surface area contributed by atoms with E-state index in [4.69, 9.17) is 21.1 Å². The van der Waals surface area contributed by atoms with Crippen LogP contribution in [0.25, 0.3) is 0 Å². The molecule has 0 amide bonds. The van der Waals surface area contributed by atoms with Crippen LogP contribution in [0.15, 0.2) is 61.2 Å². The maximum absolute atomic E-state index is 13.5. The summed E-state index contributed by atoms with van der Waals surface area (Å²) in [6.07, 6.45) is 1.26. The Balaban J connectivity index is 2.07. The van der Waals surface area contributed by atoms with Gasteiger partial charge in [-0.25, -0.2) is 23.6 Å². The van der Waals surface area contributed by atoms with Gasteiger partial charge in [-0.05, 0) is 24.3 Å². The molecule has 3 rings (SSSR count). The monoisotopic (exact) mass is 403 g/mol. The number of carbonyl (C=O) groups is 2. The highest BCUT2D eigenvalue weighted by atomic mass is 35.5. The average molecular weight is 404 g/mol. The van der Waals surface area contributed by atoms with Crippen molar-refractivity contribution in [3.8, 4) is 0 Å². The molecule has 0 spiro atoms. The van der Waals surface area contributed by atoms with Gasteiger partial charge in [0, 0.05) is 5.56 Å². The van der Waals surface area contributed by atoms with Crippen LogP contribution < -0.4 is 0 Å². The summed E-state index contributed by atoms with van der Waals surface area (Å²) in [5.74, 6) is -2.01. The van der Waals surface area contributed by atoms with Crippen molar-refractivity contribution in [1.82, 2.24) is 14.8 Å². The van der Waals surface area contributed by atoms with Crippen molar-refractivity contribution >= 4 is 23.5 Å². The van der Waals surface area contributed by atoms with Gasteiger partial charge >= 0.3 is 11.9 Å². The summed E-state index contributed by atoms with van der Waals surface area (Å²) < 4.78 is 25.2. The number of nitrogens with zero attached hydrogens (tertiary/aromatic N) is 3. The van der Waals surface area contributed by atoms with Gasteiger partial charge in [-0.15, -0.1) is 0 Å². The number of ether oxygens (including phenoxy) is 2. The number of methoxy groups -OCH3 is 1. The Bertz CT molecular complexity index is 967. The van der Waals surface area contributed by atoms with Gasteiger partial charge in [-0.1, -0.05) is 35.9 Å². The van der Waals surface area contributed by atoms with Gasteiger partial charge in [-0.2, -0.15) is 5.10 Å². The summed E-state index contributed by atoms with van der Waals surface area (Å²) in [4.78, 5) is 29.0. The molecule has 0 bridgehead atoms. The fourth-order valence-electron chi connectivity index (χ4n) is 2.64. The topological polar surface area (TPSA) is 83.3 Å².